The van der Waals surface area contributed by atoms with Gasteiger partial charge in [-0.2, -0.15) is 0 Å². The molecule has 5 nitrogen and oxygen atoms in total. The van der Waals surface area contributed by atoms with Crippen molar-refractivity contribution in [3.8, 4) is 0 Å². The molecule has 0 aromatic rings. The monoisotopic (exact) mass is 231 g/mol. The van der Waals surface area contributed by atoms with Crippen molar-refractivity contribution < 1.29 is 19.4 Å². The number of aliphatic carboxylic acids is 1. The zero-order valence-corrected chi connectivity index (χ0v) is 10.4. The van der Waals surface area contributed by atoms with Crippen LogP contribution in [0.3, 0.4) is 0 Å². The van der Waals surface area contributed by atoms with E-state index in [1.807, 2.05) is 20.8 Å². The molecule has 0 saturated heterocycles. The predicted octanol–water partition coefficient (Wildman–Crippen LogP) is 1.17. The zero-order chi connectivity index (χ0) is 12.8. The molecule has 0 aromatic carbocycles. The molecule has 0 aliphatic heterocycles. The first-order valence-electron chi connectivity index (χ1n) is 5.42. The number of esters is 1. The van der Waals surface area contributed by atoms with Gasteiger partial charge in [-0.3, -0.25) is 14.9 Å². The molecule has 0 fully saturated rings. The smallest absolute Gasteiger partial charge is 0.323 e. The Morgan fingerprint density at radius 1 is 1.38 bits per heavy atom. The van der Waals surface area contributed by atoms with Gasteiger partial charge in [-0.1, -0.05) is 0 Å². The maximum atomic E-state index is 11.6. The molecular weight excluding hydrogens is 210 g/mol. The highest BCUT2D eigenvalue weighted by Gasteiger charge is 2.25. The van der Waals surface area contributed by atoms with E-state index >= 15 is 0 Å². The summed E-state index contributed by atoms with van der Waals surface area (Å²) in [6.07, 6.45) is 0.192. The van der Waals surface area contributed by atoms with Crippen molar-refractivity contribution in [2.45, 2.75) is 52.1 Å². The first-order valence-corrected chi connectivity index (χ1v) is 5.42. The summed E-state index contributed by atoms with van der Waals surface area (Å²) in [5.74, 6) is -1.30. The quantitative estimate of drug-likeness (QED) is 0.671. The number of hydrogen-bond donors (Lipinski definition) is 2. The molecule has 0 saturated carbocycles. The summed E-state index contributed by atoms with van der Waals surface area (Å²) in [5, 5.41) is 11.7. The Morgan fingerprint density at radius 2 is 1.94 bits per heavy atom. The highest BCUT2D eigenvalue weighted by atomic mass is 16.5. The van der Waals surface area contributed by atoms with Gasteiger partial charge in [0.1, 0.15) is 6.04 Å². The van der Waals surface area contributed by atoms with Gasteiger partial charge in [-0.05, 0) is 34.1 Å². The van der Waals surface area contributed by atoms with Crippen molar-refractivity contribution in [2.75, 3.05) is 6.61 Å². The molecule has 0 radical (unpaired) electrons. The predicted molar refractivity (Wildman–Crippen MR) is 60.2 cm³/mol. The van der Waals surface area contributed by atoms with Gasteiger partial charge < -0.3 is 9.84 Å². The Balaban J connectivity index is 4.38. The van der Waals surface area contributed by atoms with Crippen LogP contribution in [0.5, 0.6) is 0 Å². The van der Waals surface area contributed by atoms with Crippen molar-refractivity contribution in [3.05, 3.63) is 0 Å². The summed E-state index contributed by atoms with van der Waals surface area (Å²) < 4.78 is 4.89. The van der Waals surface area contributed by atoms with Gasteiger partial charge in [-0.25, -0.2) is 0 Å². The van der Waals surface area contributed by atoms with Crippen LogP contribution in [-0.4, -0.2) is 35.2 Å². The lowest BCUT2D eigenvalue weighted by atomic mass is 10.0. The standard InChI is InChI=1S/C11H21NO4/c1-5-16-10(15)8(6-7-9(13)14)12-11(2,3)4/h8,12H,5-7H2,1-4H3,(H,13,14)/t8-/m0/s1. The Morgan fingerprint density at radius 3 is 2.31 bits per heavy atom. The fourth-order valence-corrected chi connectivity index (χ4v) is 1.28. The highest BCUT2D eigenvalue weighted by molar-refractivity contribution is 5.77. The lowest BCUT2D eigenvalue weighted by Crippen LogP contribution is -2.48. The lowest BCUT2D eigenvalue weighted by molar-refractivity contribution is -0.146. The second kappa shape index (κ2) is 6.48. The fourth-order valence-electron chi connectivity index (χ4n) is 1.28. The third-order valence-corrected chi connectivity index (χ3v) is 1.83. The largest absolute Gasteiger partial charge is 0.481 e. The van der Waals surface area contributed by atoms with E-state index in [0.29, 0.717) is 6.61 Å². The maximum absolute atomic E-state index is 11.6. The number of carbonyl (C=O) groups excluding carboxylic acids is 1. The number of nitrogens with one attached hydrogen (secondary N) is 1. The molecule has 1 atom stereocenters. The molecule has 5 heteroatoms. The topological polar surface area (TPSA) is 75.6 Å². The number of carbonyl (C=O) groups is 2. The van der Waals surface area contributed by atoms with Gasteiger partial charge in [0.25, 0.3) is 0 Å². The molecule has 2 N–H and O–H groups in total. The first-order chi connectivity index (χ1) is 7.26. The fraction of sp³-hybridized carbons (Fsp3) is 0.818. The summed E-state index contributed by atoms with van der Waals surface area (Å²) in [7, 11) is 0. The average Bonchev–Trinajstić information content (AvgIpc) is 2.10. The molecular formula is C11H21NO4. The van der Waals surface area contributed by atoms with E-state index < -0.39 is 18.0 Å². The Bertz CT molecular complexity index is 245. The van der Waals surface area contributed by atoms with E-state index in [1.165, 1.54) is 0 Å². The van der Waals surface area contributed by atoms with E-state index in [0.717, 1.165) is 0 Å². The van der Waals surface area contributed by atoms with Crippen molar-refractivity contribution in [3.63, 3.8) is 0 Å². The summed E-state index contributed by atoms with van der Waals surface area (Å²) in [4.78, 5) is 22.0. The van der Waals surface area contributed by atoms with E-state index in [-0.39, 0.29) is 18.4 Å². The second-order valence-corrected chi connectivity index (χ2v) is 4.63. The van der Waals surface area contributed by atoms with Gasteiger partial charge in [0.15, 0.2) is 0 Å². The summed E-state index contributed by atoms with van der Waals surface area (Å²) in [6, 6.07) is -0.559. The number of hydrogen-bond acceptors (Lipinski definition) is 4. The van der Waals surface area contributed by atoms with Crippen LogP contribution in [-0.2, 0) is 14.3 Å². The number of carboxylic acid groups (broad SMARTS) is 1. The highest BCUT2D eigenvalue weighted by Crippen LogP contribution is 2.07. The van der Waals surface area contributed by atoms with Crippen LogP contribution in [0.1, 0.15) is 40.5 Å². The molecule has 0 aliphatic carbocycles. The molecule has 16 heavy (non-hydrogen) atoms. The molecule has 0 bridgehead atoms. The van der Waals surface area contributed by atoms with Crippen LogP contribution in [0.4, 0.5) is 0 Å². The van der Waals surface area contributed by atoms with E-state index in [2.05, 4.69) is 5.32 Å². The molecule has 0 aromatic heterocycles. The van der Waals surface area contributed by atoms with E-state index in [9.17, 15) is 9.59 Å². The van der Waals surface area contributed by atoms with Crippen molar-refractivity contribution in [1.29, 1.82) is 0 Å². The number of rotatable bonds is 6. The van der Waals surface area contributed by atoms with Crippen LogP contribution in [0.2, 0.25) is 0 Å². The first kappa shape index (κ1) is 14.9. The van der Waals surface area contributed by atoms with Crippen LogP contribution in [0.15, 0.2) is 0 Å². The minimum absolute atomic E-state index is 0.0490. The maximum Gasteiger partial charge on any atom is 0.323 e. The summed E-state index contributed by atoms with van der Waals surface area (Å²) in [5.41, 5.74) is -0.254. The summed E-state index contributed by atoms with van der Waals surface area (Å²) in [6.45, 7) is 7.78. The molecule has 0 rings (SSSR count). The van der Waals surface area contributed by atoms with E-state index in [4.69, 9.17) is 9.84 Å². The van der Waals surface area contributed by atoms with Crippen molar-refractivity contribution in [1.82, 2.24) is 5.32 Å². The van der Waals surface area contributed by atoms with Gasteiger partial charge >= 0.3 is 11.9 Å². The van der Waals surface area contributed by atoms with Gasteiger partial charge in [0.05, 0.1) is 6.61 Å². The normalized spacial score (nSPS) is 13.2. The molecule has 0 spiro atoms. The van der Waals surface area contributed by atoms with Gasteiger partial charge in [0, 0.05) is 12.0 Å². The minimum atomic E-state index is -0.912. The van der Waals surface area contributed by atoms with Crippen LogP contribution < -0.4 is 5.32 Å². The molecule has 0 unspecified atom stereocenters. The number of carboxylic acids is 1. The average molecular weight is 231 g/mol. The molecule has 0 aliphatic rings. The summed E-state index contributed by atoms with van der Waals surface area (Å²) >= 11 is 0. The van der Waals surface area contributed by atoms with Crippen molar-refractivity contribution in [2.24, 2.45) is 0 Å². The van der Waals surface area contributed by atoms with Gasteiger partial charge in [0.2, 0.25) is 0 Å². The Hall–Kier alpha value is -1.10. The number of ether oxygens (including phenoxy) is 1. The minimum Gasteiger partial charge on any atom is -0.481 e. The Labute approximate surface area is 96.2 Å². The third kappa shape index (κ3) is 7.23. The van der Waals surface area contributed by atoms with Crippen LogP contribution in [0, 0.1) is 0 Å². The Kier molecular flexibility index (Phi) is 6.03. The molecule has 0 heterocycles. The van der Waals surface area contributed by atoms with Crippen LogP contribution >= 0.6 is 0 Å². The van der Waals surface area contributed by atoms with Gasteiger partial charge in [-0.15, -0.1) is 0 Å². The zero-order valence-electron chi connectivity index (χ0n) is 10.4. The van der Waals surface area contributed by atoms with Crippen LogP contribution in [0.25, 0.3) is 0 Å². The SMILES string of the molecule is CCOC(=O)[C@H](CCC(=O)O)NC(C)(C)C. The second-order valence-electron chi connectivity index (χ2n) is 4.63. The molecule has 0 amide bonds. The third-order valence-electron chi connectivity index (χ3n) is 1.83. The van der Waals surface area contributed by atoms with E-state index in [1.54, 1.807) is 6.92 Å². The molecule has 94 valence electrons. The van der Waals surface area contributed by atoms with Crippen molar-refractivity contribution >= 4 is 11.9 Å². The lowest BCUT2D eigenvalue weighted by Gasteiger charge is -2.26.